The van der Waals surface area contributed by atoms with Crippen LogP contribution < -0.4 is 0 Å². The van der Waals surface area contributed by atoms with Crippen LogP contribution in [0.3, 0.4) is 0 Å². The van der Waals surface area contributed by atoms with Gasteiger partial charge in [-0.25, -0.2) is 0 Å². The maximum absolute atomic E-state index is 11.6. The molecule has 3 saturated carbocycles. The highest BCUT2D eigenvalue weighted by Crippen LogP contribution is 2.73. The molecular formula is C13H12N2O. The van der Waals surface area contributed by atoms with Gasteiger partial charge in [0.25, 0.3) is 0 Å². The number of hydrogen-bond acceptors (Lipinski definition) is 1. The van der Waals surface area contributed by atoms with Crippen LogP contribution in [0.5, 0.6) is 0 Å². The van der Waals surface area contributed by atoms with Crippen molar-refractivity contribution < 1.29 is 9.58 Å². The molecule has 0 spiro atoms. The third-order valence-electron chi connectivity index (χ3n) is 4.11. The van der Waals surface area contributed by atoms with Crippen molar-refractivity contribution in [1.29, 1.82) is 0 Å². The zero-order valence-electron chi connectivity index (χ0n) is 8.89. The molecule has 16 heavy (non-hydrogen) atoms. The molecule has 1 aromatic carbocycles. The first-order chi connectivity index (χ1) is 7.71. The Morgan fingerprint density at radius 1 is 1.25 bits per heavy atom. The Kier molecular flexibility index (Phi) is 1.72. The summed E-state index contributed by atoms with van der Waals surface area (Å²) in [6, 6.07) is 10.4. The molecule has 0 saturated heterocycles. The molecule has 0 aliphatic heterocycles. The molecule has 0 amide bonds. The second kappa shape index (κ2) is 2.89. The van der Waals surface area contributed by atoms with Gasteiger partial charge in [0.05, 0.1) is 0 Å². The van der Waals surface area contributed by atoms with Crippen LogP contribution in [0.4, 0.5) is 0 Å². The van der Waals surface area contributed by atoms with E-state index in [2.05, 4.69) is 16.9 Å². The van der Waals surface area contributed by atoms with E-state index in [1.54, 1.807) is 0 Å². The van der Waals surface area contributed by atoms with E-state index < -0.39 is 0 Å². The monoisotopic (exact) mass is 212 g/mol. The lowest BCUT2D eigenvalue weighted by Gasteiger charge is -2.69. The van der Waals surface area contributed by atoms with Crippen molar-refractivity contribution in [2.24, 2.45) is 5.41 Å². The van der Waals surface area contributed by atoms with Crippen LogP contribution in [-0.4, -0.2) is 16.8 Å². The number of nitrogens with zero attached hydrogens (tertiary/aromatic N) is 2. The van der Waals surface area contributed by atoms with Gasteiger partial charge in [-0.3, -0.25) is 4.79 Å². The summed E-state index contributed by atoms with van der Waals surface area (Å²) in [5.41, 5.74) is 9.74. The van der Waals surface area contributed by atoms with Gasteiger partial charge >= 0.3 is 6.21 Å². The lowest BCUT2D eigenvalue weighted by atomic mass is 9.32. The average molecular weight is 212 g/mol. The van der Waals surface area contributed by atoms with Gasteiger partial charge in [0.1, 0.15) is 0 Å². The number of benzene rings is 1. The Morgan fingerprint density at radius 2 is 1.88 bits per heavy atom. The molecule has 0 heterocycles. The maximum atomic E-state index is 11.6. The lowest BCUT2D eigenvalue weighted by molar-refractivity contribution is -0.168. The molecule has 1 aromatic rings. The molecule has 3 nitrogen and oxygen atoms in total. The van der Waals surface area contributed by atoms with Crippen LogP contribution in [0.15, 0.2) is 30.3 Å². The van der Waals surface area contributed by atoms with Crippen molar-refractivity contribution in [3.63, 3.8) is 0 Å². The number of carbonyl (C=O) groups excluding carboxylic acids is 1. The quantitative estimate of drug-likeness (QED) is 0.429. The summed E-state index contributed by atoms with van der Waals surface area (Å²) in [5.74, 6) is -0.0205. The maximum Gasteiger partial charge on any atom is 0.323 e. The topological polar surface area (TPSA) is 53.5 Å². The van der Waals surface area contributed by atoms with E-state index in [-0.39, 0.29) is 16.6 Å². The summed E-state index contributed by atoms with van der Waals surface area (Å²) >= 11 is 0. The zero-order valence-corrected chi connectivity index (χ0v) is 8.89. The van der Waals surface area contributed by atoms with Crippen molar-refractivity contribution in [2.45, 2.75) is 24.7 Å². The van der Waals surface area contributed by atoms with Crippen molar-refractivity contribution in [3.8, 4) is 0 Å². The fourth-order valence-corrected chi connectivity index (χ4v) is 3.34. The van der Waals surface area contributed by atoms with E-state index in [1.165, 1.54) is 5.56 Å². The van der Waals surface area contributed by atoms with Crippen LogP contribution in [0.2, 0.25) is 0 Å². The Bertz CT molecular complexity index is 480. The Balaban J connectivity index is 1.79. The minimum absolute atomic E-state index is 0.0205. The highest BCUT2D eigenvalue weighted by molar-refractivity contribution is 6.29. The van der Waals surface area contributed by atoms with Gasteiger partial charge in [0, 0.05) is 5.41 Å². The second-order valence-corrected chi connectivity index (χ2v) is 5.07. The van der Waals surface area contributed by atoms with Crippen LogP contribution >= 0.6 is 0 Å². The molecule has 3 fully saturated rings. The van der Waals surface area contributed by atoms with Crippen LogP contribution in [0.1, 0.15) is 24.8 Å². The largest absolute Gasteiger partial charge is 0.361 e. The molecule has 0 radical (unpaired) electrons. The SMILES string of the molecule is [N-]=[N+]=CC(=O)C12CC(c3ccccc3)(C1)C2. The first-order valence-corrected chi connectivity index (χ1v) is 5.48. The number of carbonyl (C=O) groups is 1. The fraction of sp³-hybridized carbons (Fsp3) is 0.385. The van der Waals surface area contributed by atoms with Crippen molar-refractivity contribution >= 4 is 12.0 Å². The van der Waals surface area contributed by atoms with Gasteiger partial charge < -0.3 is 5.53 Å². The standard InChI is InChI=1S/C13H12N2O/c14-15-6-11(16)13-7-12(8-13,9-13)10-4-2-1-3-5-10/h1-6H,7-9H2. The van der Waals surface area contributed by atoms with Crippen molar-refractivity contribution in [2.75, 3.05) is 0 Å². The van der Waals surface area contributed by atoms with Gasteiger partial charge in [0.15, 0.2) is 0 Å². The predicted molar refractivity (Wildman–Crippen MR) is 59.1 cm³/mol. The Labute approximate surface area is 93.7 Å². The predicted octanol–water partition coefficient (Wildman–Crippen LogP) is 1.98. The fourth-order valence-electron chi connectivity index (χ4n) is 3.34. The minimum Gasteiger partial charge on any atom is -0.361 e. The summed E-state index contributed by atoms with van der Waals surface area (Å²) < 4.78 is 0. The normalized spacial score (nSPS) is 34.2. The number of Topliss-reactive ketones (excluding diaryl/α,β-unsaturated/α-hetero) is 1. The molecule has 80 valence electrons. The number of rotatable bonds is 3. The highest BCUT2D eigenvalue weighted by Gasteiger charge is 2.71. The van der Waals surface area contributed by atoms with Gasteiger partial charge in [-0.05, 0) is 30.2 Å². The summed E-state index contributed by atoms with van der Waals surface area (Å²) in [4.78, 5) is 14.5. The van der Waals surface area contributed by atoms with E-state index in [9.17, 15) is 4.79 Å². The smallest absolute Gasteiger partial charge is 0.323 e. The lowest BCUT2D eigenvalue weighted by Crippen LogP contribution is -2.68. The molecule has 4 rings (SSSR count). The van der Waals surface area contributed by atoms with E-state index >= 15 is 0 Å². The summed E-state index contributed by atoms with van der Waals surface area (Å²) in [7, 11) is 0. The molecular weight excluding hydrogens is 200 g/mol. The molecule has 3 aliphatic rings. The van der Waals surface area contributed by atoms with Gasteiger partial charge in [-0.1, -0.05) is 30.3 Å². The van der Waals surface area contributed by atoms with E-state index in [0.717, 1.165) is 25.5 Å². The first kappa shape index (κ1) is 9.49. The Morgan fingerprint density at radius 3 is 2.44 bits per heavy atom. The molecule has 3 aliphatic carbocycles. The van der Waals surface area contributed by atoms with E-state index in [1.807, 2.05) is 18.2 Å². The molecule has 0 aromatic heterocycles. The van der Waals surface area contributed by atoms with Gasteiger partial charge in [0.2, 0.25) is 5.78 Å². The summed E-state index contributed by atoms with van der Waals surface area (Å²) in [5, 5.41) is 0. The Hall–Kier alpha value is -1.73. The number of hydrogen-bond donors (Lipinski definition) is 0. The third-order valence-corrected chi connectivity index (χ3v) is 4.11. The highest BCUT2D eigenvalue weighted by atomic mass is 16.1. The summed E-state index contributed by atoms with van der Waals surface area (Å²) in [6.07, 6.45) is 3.78. The van der Waals surface area contributed by atoms with E-state index in [0.29, 0.717) is 0 Å². The zero-order chi connectivity index (χ0) is 11.2. The summed E-state index contributed by atoms with van der Waals surface area (Å²) in [6.45, 7) is 0. The molecule has 0 atom stereocenters. The van der Waals surface area contributed by atoms with Crippen LogP contribution in [0, 0.1) is 5.41 Å². The van der Waals surface area contributed by atoms with Crippen molar-refractivity contribution in [3.05, 3.63) is 41.4 Å². The van der Waals surface area contributed by atoms with Crippen molar-refractivity contribution in [1.82, 2.24) is 0 Å². The van der Waals surface area contributed by atoms with Gasteiger partial charge in [-0.2, -0.15) is 4.79 Å². The molecule has 0 unspecified atom stereocenters. The van der Waals surface area contributed by atoms with E-state index in [4.69, 9.17) is 5.53 Å². The third kappa shape index (κ3) is 1.01. The van der Waals surface area contributed by atoms with Crippen LogP contribution in [-0.2, 0) is 10.2 Å². The van der Waals surface area contributed by atoms with Gasteiger partial charge in [-0.15, -0.1) is 0 Å². The molecule has 2 bridgehead atoms. The van der Waals surface area contributed by atoms with Crippen LogP contribution in [0.25, 0.3) is 5.53 Å². The molecule has 0 N–H and O–H groups in total. The molecule has 3 heteroatoms. The minimum atomic E-state index is -0.206. The first-order valence-electron chi connectivity index (χ1n) is 5.48. The average Bonchev–Trinajstić information content (AvgIpc) is 2.15. The number of ketones is 1. The second-order valence-electron chi connectivity index (χ2n) is 5.07.